The Hall–Kier alpha value is -1.74. The highest BCUT2D eigenvalue weighted by Crippen LogP contribution is 2.33. The Morgan fingerprint density at radius 2 is 1.83 bits per heavy atom. The fraction of sp³-hybridized carbons (Fsp3) is 0.450. The molecule has 0 saturated carbocycles. The number of unbranched alkanes of at least 4 members (excludes halogenated alkanes) is 2. The highest BCUT2D eigenvalue weighted by atomic mass is 35.5. The van der Waals surface area contributed by atoms with Crippen molar-refractivity contribution in [2.24, 2.45) is 0 Å². The van der Waals surface area contributed by atoms with Gasteiger partial charge in [-0.25, -0.2) is 0 Å². The molecule has 0 aliphatic heterocycles. The molecule has 0 amide bonds. The Morgan fingerprint density at radius 3 is 2.58 bits per heavy atom. The molecule has 0 radical (unpaired) electrons. The molecule has 3 nitrogen and oxygen atoms in total. The van der Waals surface area contributed by atoms with Crippen molar-refractivity contribution >= 4 is 34.2 Å². The van der Waals surface area contributed by atoms with Crippen LogP contribution < -0.4 is 4.74 Å². The summed E-state index contributed by atoms with van der Waals surface area (Å²) in [7, 11) is 0. The summed E-state index contributed by atoms with van der Waals surface area (Å²) in [5.41, 5.74) is 3.63. The molecule has 0 unspecified atom stereocenters. The molecule has 0 N–H and O–H groups in total. The first-order valence-electron chi connectivity index (χ1n) is 8.76. The van der Waals surface area contributed by atoms with Gasteiger partial charge < -0.3 is 9.30 Å². The summed E-state index contributed by atoms with van der Waals surface area (Å²) in [5.74, 6) is 0.970. The SMILES string of the molecule is CCCCOc1ccc2c3ccnc(C)c3n(CCCC)c2c1.Cl. The van der Waals surface area contributed by atoms with Gasteiger partial charge in [0.15, 0.2) is 0 Å². The zero-order chi connectivity index (χ0) is 16.2. The van der Waals surface area contributed by atoms with Crippen molar-refractivity contribution in [1.29, 1.82) is 0 Å². The van der Waals surface area contributed by atoms with E-state index in [1.54, 1.807) is 0 Å². The lowest BCUT2D eigenvalue weighted by Gasteiger charge is -2.09. The Balaban J connectivity index is 0.00000208. The Labute approximate surface area is 150 Å². The second-order valence-electron chi connectivity index (χ2n) is 6.18. The van der Waals surface area contributed by atoms with E-state index >= 15 is 0 Å². The zero-order valence-electron chi connectivity index (χ0n) is 14.8. The molecule has 4 heteroatoms. The summed E-state index contributed by atoms with van der Waals surface area (Å²) in [6.07, 6.45) is 6.53. The molecular weight excluding hydrogens is 320 g/mol. The number of benzene rings is 1. The van der Waals surface area contributed by atoms with Crippen LogP contribution in [0.2, 0.25) is 0 Å². The normalized spacial score (nSPS) is 11.0. The fourth-order valence-electron chi connectivity index (χ4n) is 3.17. The molecule has 0 atom stereocenters. The van der Waals surface area contributed by atoms with Crippen molar-refractivity contribution in [3.8, 4) is 5.75 Å². The molecule has 24 heavy (non-hydrogen) atoms. The van der Waals surface area contributed by atoms with Gasteiger partial charge in [-0.15, -0.1) is 12.4 Å². The summed E-state index contributed by atoms with van der Waals surface area (Å²) in [4.78, 5) is 4.50. The van der Waals surface area contributed by atoms with Crippen LogP contribution in [-0.2, 0) is 6.54 Å². The average Bonchev–Trinajstić information content (AvgIpc) is 2.88. The van der Waals surface area contributed by atoms with Crippen LogP contribution in [0.3, 0.4) is 0 Å². The van der Waals surface area contributed by atoms with Crippen LogP contribution >= 0.6 is 12.4 Å². The molecule has 0 saturated heterocycles. The van der Waals surface area contributed by atoms with Crippen molar-refractivity contribution in [3.05, 3.63) is 36.2 Å². The second kappa shape index (κ2) is 8.39. The summed E-state index contributed by atoms with van der Waals surface area (Å²) in [5, 5.41) is 2.59. The topological polar surface area (TPSA) is 27.1 Å². The number of halogens is 1. The third kappa shape index (κ3) is 3.51. The number of pyridine rings is 1. The molecule has 3 aromatic rings. The predicted octanol–water partition coefficient (Wildman–Crippen LogP) is 5.90. The third-order valence-electron chi connectivity index (χ3n) is 4.43. The van der Waals surface area contributed by atoms with E-state index in [-0.39, 0.29) is 12.4 Å². The smallest absolute Gasteiger partial charge is 0.121 e. The van der Waals surface area contributed by atoms with Crippen molar-refractivity contribution in [3.63, 3.8) is 0 Å². The summed E-state index contributed by atoms with van der Waals surface area (Å²) < 4.78 is 8.33. The van der Waals surface area contributed by atoms with Crippen molar-refractivity contribution < 1.29 is 4.74 Å². The van der Waals surface area contributed by atoms with Gasteiger partial charge >= 0.3 is 0 Å². The molecule has 0 aliphatic rings. The van der Waals surface area contributed by atoms with Gasteiger partial charge in [0.25, 0.3) is 0 Å². The van der Waals surface area contributed by atoms with E-state index in [0.29, 0.717) is 0 Å². The van der Waals surface area contributed by atoms with E-state index in [1.165, 1.54) is 34.6 Å². The molecule has 0 fully saturated rings. The maximum absolute atomic E-state index is 5.91. The Bertz CT molecular complexity index is 810. The zero-order valence-corrected chi connectivity index (χ0v) is 15.7. The molecule has 0 spiro atoms. The predicted molar refractivity (Wildman–Crippen MR) is 105 cm³/mol. The number of aromatic nitrogens is 2. The van der Waals surface area contributed by atoms with Gasteiger partial charge in [-0.1, -0.05) is 26.7 Å². The molecular formula is C20H27ClN2O. The van der Waals surface area contributed by atoms with Crippen LogP contribution in [0.4, 0.5) is 0 Å². The number of aryl methyl sites for hydroxylation is 2. The average molecular weight is 347 g/mol. The minimum Gasteiger partial charge on any atom is -0.494 e. The van der Waals surface area contributed by atoms with Gasteiger partial charge in [-0.3, -0.25) is 4.98 Å². The van der Waals surface area contributed by atoms with Gasteiger partial charge in [0.1, 0.15) is 5.75 Å². The lowest BCUT2D eigenvalue weighted by Crippen LogP contribution is -2.00. The van der Waals surface area contributed by atoms with Crippen molar-refractivity contribution in [2.45, 2.75) is 53.0 Å². The summed E-state index contributed by atoms with van der Waals surface area (Å²) in [6.45, 7) is 8.34. The highest BCUT2D eigenvalue weighted by Gasteiger charge is 2.13. The first-order chi connectivity index (χ1) is 11.3. The van der Waals surface area contributed by atoms with Crippen LogP contribution in [0.1, 0.15) is 45.2 Å². The number of hydrogen-bond acceptors (Lipinski definition) is 2. The Morgan fingerprint density at radius 1 is 1.04 bits per heavy atom. The maximum atomic E-state index is 5.91. The van der Waals surface area contributed by atoms with Crippen LogP contribution in [0.15, 0.2) is 30.5 Å². The first kappa shape index (κ1) is 18.6. The highest BCUT2D eigenvalue weighted by molar-refractivity contribution is 6.09. The second-order valence-corrected chi connectivity index (χ2v) is 6.18. The van der Waals surface area contributed by atoms with Crippen LogP contribution in [0.5, 0.6) is 5.75 Å². The van der Waals surface area contributed by atoms with E-state index in [1.807, 2.05) is 6.20 Å². The molecule has 130 valence electrons. The monoisotopic (exact) mass is 346 g/mol. The van der Waals surface area contributed by atoms with Crippen molar-refractivity contribution in [1.82, 2.24) is 9.55 Å². The molecule has 2 aromatic heterocycles. The van der Waals surface area contributed by atoms with Gasteiger partial charge in [0.2, 0.25) is 0 Å². The molecule has 3 rings (SSSR count). The largest absolute Gasteiger partial charge is 0.494 e. The lowest BCUT2D eigenvalue weighted by molar-refractivity contribution is 0.309. The summed E-state index contributed by atoms with van der Waals surface area (Å²) in [6, 6.07) is 8.61. The maximum Gasteiger partial charge on any atom is 0.121 e. The molecule has 1 aromatic carbocycles. The Kier molecular flexibility index (Phi) is 6.50. The number of hydrogen-bond donors (Lipinski definition) is 0. The van der Waals surface area contributed by atoms with Crippen LogP contribution in [0, 0.1) is 6.92 Å². The van der Waals surface area contributed by atoms with Gasteiger partial charge in [-0.05, 0) is 38.0 Å². The standard InChI is InChI=1S/C20H26N2O.ClH/c1-4-6-12-22-19-14-16(23-13-7-5-2)8-9-17(19)18-10-11-21-15(3)20(18)22;/h8-11,14H,4-7,12-13H2,1-3H3;1H. The lowest BCUT2D eigenvalue weighted by atomic mass is 10.1. The number of rotatable bonds is 7. The number of fused-ring (bicyclic) bond motifs is 3. The molecule has 2 heterocycles. The third-order valence-corrected chi connectivity index (χ3v) is 4.43. The van der Waals surface area contributed by atoms with E-state index in [4.69, 9.17) is 4.74 Å². The van der Waals surface area contributed by atoms with Crippen LogP contribution in [-0.4, -0.2) is 16.2 Å². The number of nitrogens with zero attached hydrogens (tertiary/aromatic N) is 2. The van der Waals surface area contributed by atoms with E-state index < -0.39 is 0 Å². The fourth-order valence-corrected chi connectivity index (χ4v) is 3.17. The van der Waals surface area contributed by atoms with Gasteiger partial charge in [0, 0.05) is 29.6 Å². The number of ether oxygens (including phenoxy) is 1. The molecule has 0 aliphatic carbocycles. The van der Waals surface area contributed by atoms with Crippen LogP contribution in [0.25, 0.3) is 21.8 Å². The van der Waals surface area contributed by atoms with Crippen molar-refractivity contribution in [2.75, 3.05) is 6.61 Å². The summed E-state index contributed by atoms with van der Waals surface area (Å²) >= 11 is 0. The van der Waals surface area contributed by atoms with Gasteiger partial charge in [-0.2, -0.15) is 0 Å². The van der Waals surface area contributed by atoms with Gasteiger partial charge in [0.05, 0.1) is 23.3 Å². The van der Waals surface area contributed by atoms with E-state index in [2.05, 4.69) is 54.6 Å². The first-order valence-corrected chi connectivity index (χ1v) is 8.76. The quantitative estimate of drug-likeness (QED) is 0.498. The van der Waals surface area contributed by atoms with E-state index in [0.717, 1.165) is 37.4 Å². The minimum atomic E-state index is 0. The van der Waals surface area contributed by atoms with E-state index in [9.17, 15) is 0 Å². The molecule has 0 bridgehead atoms. The minimum absolute atomic E-state index is 0.